The number of esters is 1. The molecular formula is C19H20O5. The van der Waals surface area contributed by atoms with Crippen LogP contribution in [0.4, 0.5) is 0 Å². The summed E-state index contributed by atoms with van der Waals surface area (Å²) in [4.78, 5) is 12.1. The van der Waals surface area contributed by atoms with Gasteiger partial charge in [0.05, 0.1) is 13.7 Å². The number of methoxy groups -OCH3 is 1. The summed E-state index contributed by atoms with van der Waals surface area (Å²) in [5.41, 5.74) is 0.113. The van der Waals surface area contributed by atoms with Crippen LogP contribution in [0, 0.1) is 0 Å². The van der Waals surface area contributed by atoms with Crippen LogP contribution in [-0.4, -0.2) is 25.3 Å². The maximum absolute atomic E-state index is 12.1. The van der Waals surface area contributed by atoms with Crippen LogP contribution in [0.5, 0.6) is 11.5 Å². The summed E-state index contributed by atoms with van der Waals surface area (Å²) in [7, 11) is 1.60. The summed E-state index contributed by atoms with van der Waals surface area (Å²) in [5, 5.41) is 1.84. The fourth-order valence-corrected chi connectivity index (χ4v) is 2.63. The van der Waals surface area contributed by atoms with E-state index in [1.807, 2.05) is 30.3 Å². The topological polar surface area (TPSA) is 57.9 Å². The maximum atomic E-state index is 12.1. The normalized spacial score (nSPS) is 11.7. The molecule has 0 N–H and O–H groups in total. The third-order valence-corrected chi connectivity index (χ3v) is 3.80. The first-order valence-corrected chi connectivity index (χ1v) is 7.82. The molecule has 1 heterocycles. The maximum Gasteiger partial charge on any atom is 0.349 e. The summed E-state index contributed by atoms with van der Waals surface area (Å²) in [5.74, 6) is 0.721. The molecule has 24 heavy (non-hydrogen) atoms. The molecule has 0 radical (unpaired) electrons. The highest BCUT2D eigenvalue weighted by Crippen LogP contribution is 2.39. The van der Waals surface area contributed by atoms with E-state index >= 15 is 0 Å². The molecule has 0 fully saturated rings. The number of rotatable bonds is 5. The lowest BCUT2D eigenvalue weighted by Gasteiger charge is -2.23. The van der Waals surface area contributed by atoms with Crippen LogP contribution < -0.4 is 9.47 Å². The molecule has 2 aromatic carbocycles. The Kier molecular flexibility index (Phi) is 4.09. The van der Waals surface area contributed by atoms with Crippen LogP contribution in [0.1, 0.15) is 20.8 Å². The van der Waals surface area contributed by atoms with E-state index in [2.05, 4.69) is 0 Å². The Labute approximate surface area is 140 Å². The van der Waals surface area contributed by atoms with Crippen molar-refractivity contribution in [1.29, 1.82) is 0 Å². The van der Waals surface area contributed by atoms with Crippen molar-refractivity contribution in [3.05, 3.63) is 36.4 Å². The van der Waals surface area contributed by atoms with Crippen LogP contribution in [0.15, 0.2) is 40.8 Å². The molecule has 0 bridgehead atoms. The zero-order chi connectivity index (χ0) is 17.3. The van der Waals surface area contributed by atoms with E-state index in [0.29, 0.717) is 29.3 Å². The quantitative estimate of drug-likeness (QED) is 0.653. The summed E-state index contributed by atoms with van der Waals surface area (Å²) >= 11 is 0. The van der Waals surface area contributed by atoms with Gasteiger partial charge in [0.1, 0.15) is 0 Å². The molecule has 1 aromatic heterocycles. The number of hydrogen-bond donors (Lipinski definition) is 0. The predicted molar refractivity (Wildman–Crippen MR) is 91.6 cm³/mol. The molecule has 3 aromatic rings. The molecule has 0 aliphatic carbocycles. The highest BCUT2D eigenvalue weighted by Gasteiger charge is 2.32. The van der Waals surface area contributed by atoms with Gasteiger partial charge in [-0.2, -0.15) is 0 Å². The molecule has 0 amide bonds. The second-order valence-electron chi connectivity index (χ2n) is 5.90. The van der Waals surface area contributed by atoms with Gasteiger partial charge in [0, 0.05) is 10.8 Å². The van der Waals surface area contributed by atoms with Crippen LogP contribution in [0.2, 0.25) is 0 Å². The first kappa shape index (κ1) is 16.2. The molecular weight excluding hydrogens is 308 g/mol. The van der Waals surface area contributed by atoms with Gasteiger partial charge in [-0.1, -0.05) is 24.3 Å². The molecule has 5 nitrogen and oxygen atoms in total. The number of benzene rings is 2. The average molecular weight is 328 g/mol. The Bertz CT molecular complexity index is 891. The van der Waals surface area contributed by atoms with Gasteiger partial charge in [0.15, 0.2) is 28.3 Å². The molecule has 5 heteroatoms. The first-order valence-electron chi connectivity index (χ1n) is 7.82. The fourth-order valence-electron chi connectivity index (χ4n) is 2.63. The second-order valence-corrected chi connectivity index (χ2v) is 5.90. The minimum absolute atomic E-state index is 0.303. The number of carbonyl (C=O) groups excluding carboxylic acids is 1. The SMILES string of the molecule is CCOC(=O)C(C)(C)Oc1cccc2c1oc1c(OC)cccc12. The van der Waals surface area contributed by atoms with E-state index in [4.69, 9.17) is 18.6 Å². The number of furan rings is 1. The Balaban J connectivity index is 2.11. The van der Waals surface area contributed by atoms with Crippen LogP contribution in [-0.2, 0) is 9.53 Å². The van der Waals surface area contributed by atoms with Crippen molar-refractivity contribution in [2.24, 2.45) is 0 Å². The summed E-state index contributed by atoms with van der Waals surface area (Å²) in [6, 6.07) is 11.3. The molecule has 0 saturated carbocycles. The number of para-hydroxylation sites is 2. The van der Waals surface area contributed by atoms with Gasteiger partial charge >= 0.3 is 5.97 Å². The second kappa shape index (κ2) is 6.07. The summed E-state index contributed by atoms with van der Waals surface area (Å²) < 4.78 is 22.3. The van der Waals surface area contributed by atoms with Crippen molar-refractivity contribution in [2.45, 2.75) is 26.4 Å². The van der Waals surface area contributed by atoms with Crippen molar-refractivity contribution < 1.29 is 23.4 Å². The van der Waals surface area contributed by atoms with Crippen molar-refractivity contribution in [3.8, 4) is 11.5 Å². The Morgan fingerprint density at radius 2 is 1.62 bits per heavy atom. The Morgan fingerprint density at radius 3 is 2.21 bits per heavy atom. The molecule has 0 aliphatic heterocycles. The summed E-state index contributed by atoms with van der Waals surface area (Å²) in [6.07, 6.45) is 0. The van der Waals surface area contributed by atoms with Crippen LogP contribution in [0.3, 0.4) is 0 Å². The lowest BCUT2D eigenvalue weighted by molar-refractivity contribution is -0.158. The third-order valence-electron chi connectivity index (χ3n) is 3.80. The first-order chi connectivity index (χ1) is 11.5. The summed E-state index contributed by atoms with van der Waals surface area (Å²) in [6.45, 7) is 5.41. The van der Waals surface area contributed by atoms with Crippen molar-refractivity contribution in [3.63, 3.8) is 0 Å². The standard InChI is InChI=1S/C19H20O5/c1-5-22-18(20)19(2,3)24-15-11-7-9-13-12-8-6-10-14(21-4)16(12)23-17(13)15/h6-11H,5H2,1-4H3. The highest BCUT2D eigenvalue weighted by atomic mass is 16.6. The minimum Gasteiger partial charge on any atom is -0.493 e. The van der Waals surface area contributed by atoms with Crippen LogP contribution in [0.25, 0.3) is 21.9 Å². The van der Waals surface area contributed by atoms with Gasteiger partial charge in [-0.3, -0.25) is 0 Å². The molecule has 0 aliphatic rings. The van der Waals surface area contributed by atoms with E-state index in [-0.39, 0.29) is 0 Å². The van der Waals surface area contributed by atoms with Gasteiger partial charge in [0.2, 0.25) is 0 Å². The van der Waals surface area contributed by atoms with Gasteiger partial charge in [-0.25, -0.2) is 4.79 Å². The number of fused-ring (bicyclic) bond motifs is 3. The lowest BCUT2D eigenvalue weighted by Crippen LogP contribution is -2.39. The van der Waals surface area contributed by atoms with Gasteiger partial charge in [-0.05, 0) is 32.9 Å². The molecule has 0 spiro atoms. The smallest absolute Gasteiger partial charge is 0.349 e. The molecule has 0 unspecified atom stereocenters. The van der Waals surface area contributed by atoms with E-state index in [1.165, 1.54) is 0 Å². The van der Waals surface area contributed by atoms with Gasteiger partial charge in [-0.15, -0.1) is 0 Å². The van der Waals surface area contributed by atoms with Gasteiger partial charge < -0.3 is 18.6 Å². The van der Waals surface area contributed by atoms with Crippen molar-refractivity contribution in [1.82, 2.24) is 0 Å². The molecule has 126 valence electrons. The Hall–Kier alpha value is -2.69. The van der Waals surface area contributed by atoms with Gasteiger partial charge in [0.25, 0.3) is 0 Å². The third kappa shape index (κ3) is 2.66. The highest BCUT2D eigenvalue weighted by molar-refractivity contribution is 6.08. The average Bonchev–Trinajstić information content (AvgIpc) is 2.95. The largest absolute Gasteiger partial charge is 0.493 e. The van der Waals surface area contributed by atoms with E-state index in [0.717, 1.165) is 10.8 Å². The number of carbonyl (C=O) groups is 1. The lowest BCUT2D eigenvalue weighted by atomic mass is 10.1. The molecule has 0 saturated heterocycles. The van der Waals surface area contributed by atoms with E-state index < -0.39 is 11.6 Å². The molecule has 0 atom stereocenters. The predicted octanol–water partition coefficient (Wildman–Crippen LogP) is 4.32. The molecule has 3 rings (SSSR count). The van der Waals surface area contributed by atoms with Crippen LogP contribution >= 0.6 is 0 Å². The minimum atomic E-state index is -1.12. The number of hydrogen-bond acceptors (Lipinski definition) is 5. The van der Waals surface area contributed by atoms with E-state index in [1.54, 1.807) is 33.9 Å². The van der Waals surface area contributed by atoms with E-state index in [9.17, 15) is 4.79 Å². The Morgan fingerprint density at radius 1 is 1.04 bits per heavy atom. The zero-order valence-corrected chi connectivity index (χ0v) is 14.2. The fraction of sp³-hybridized carbons (Fsp3) is 0.316. The number of ether oxygens (including phenoxy) is 3. The van der Waals surface area contributed by atoms with Crippen molar-refractivity contribution in [2.75, 3.05) is 13.7 Å². The van der Waals surface area contributed by atoms with Crippen molar-refractivity contribution >= 4 is 27.9 Å². The zero-order valence-electron chi connectivity index (χ0n) is 14.2. The monoisotopic (exact) mass is 328 g/mol.